The first-order valence-electron chi connectivity index (χ1n) is 10.0. The zero-order valence-corrected chi connectivity index (χ0v) is 17.5. The van der Waals surface area contributed by atoms with Crippen molar-refractivity contribution < 1.29 is 43.1 Å². The lowest BCUT2D eigenvalue weighted by Gasteiger charge is -2.29. The summed E-state index contributed by atoms with van der Waals surface area (Å²) in [6, 6.07) is 4.79. The SMILES string of the molecule is CCCCC(=O)N[C@H]1Cc2cccc(C(=O)OCOC(=O)CCC(=O)OC)c2OB1O. The van der Waals surface area contributed by atoms with Crippen LogP contribution in [0.1, 0.15) is 54.9 Å². The molecule has 0 unspecified atom stereocenters. The molecule has 1 aromatic rings. The molecule has 1 heterocycles. The highest BCUT2D eigenvalue weighted by Gasteiger charge is 2.37. The van der Waals surface area contributed by atoms with Crippen molar-refractivity contribution in [2.75, 3.05) is 13.9 Å². The van der Waals surface area contributed by atoms with Crippen LogP contribution >= 0.6 is 0 Å². The van der Waals surface area contributed by atoms with Crippen molar-refractivity contribution >= 4 is 30.9 Å². The van der Waals surface area contributed by atoms with Crippen LogP contribution in [0.4, 0.5) is 0 Å². The van der Waals surface area contributed by atoms with Gasteiger partial charge in [-0.15, -0.1) is 0 Å². The fourth-order valence-electron chi connectivity index (χ4n) is 2.93. The molecule has 0 aliphatic carbocycles. The molecule has 1 aliphatic heterocycles. The Bertz CT molecular complexity index is 814. The average Bonchev–Trinajstić information content (AvgIpc) is 2.76. The molecule has 1 atom stereocenters. The second-order valence-corrected chi connectivity index (χ2v) is 6.93. The van der Waals surface area contributed by atoms with Crippen LogP contribution in [-0.4, -0.2) is 55.8 Å². The normalized spacial score (nSPS) is 14.7. The van der Waals surface area contributed by atoms with E-state index in [-0.39, 0.29) is 36.5 Å². The minimum atomic E-state index is -1.33. The van der Waals surface area contributed by atoms with Gasteiger partial charge in [0, 0.05) is 6.42 Å². The molecule has 1 aliphatic rings. The lowest BCUT2D eigenvalue weighted by molar-refractivity contribution is -0.155. The van der Waals surface area contributed by atoms with Crippen LogP contribution in [0.3, 0.4) is 0 Å². The van der Waals surface area contributed by atoms with E-state index >= 15 is 0 Å². The van der Waals surface area contributed by atoms with Gasteiger partial charge in [0.1, 0.15) is 11.3 Å². The zero-order valence-electron chi connectivity index (χ0n) is 17.5. The molecule has 2 N–H and O–H groups in total. The minimum Gasteiger partial charge on any atom is -0.534 e. The number of nitrogens with one attached hydrogen (secondary N) is 1. The van der Waals surface area contributed by atoms with Gasteiger partial charge < -0.3 is 29.2 Å². The summed E-state index contributed by atoms with van der Waals surface area (Å²) >= 11 is 0. The number of ether oxygens (including phenoxy) is 3. The third kappa shape index (κ3) is 7.28. The molecule has 0 saturated carbocycles. The van der Waals surface area contributed by atoms with Gasteiger partial charge in [-0.2, -0.15) is 0 Å². The zero-order chi connectivity index (χ0) is 22.8. The molecule has 0 saturated heterocycles. The first-order chi connectivity index (χ1) is 14.8. The molecular weight excluding hydrogens is 409 g/mol. The maximum atomic E-state index is 12.4. The third-order valence-electron chi connectivity index (χ3n) is 4.61. The topological polar surface area (TPSA) is 137 Å². The Kier molecular flexibility index (Phi) is 9.32. The van der Waals surface area contributed by atoms with Crippen molar-refractivity contribution in [3.05, 3.63) is 29.3 Å². The summed E-state index contributed by atoms with van der Waals surface area (Å²) in [5, 5.41) is 13.0. The molecule has 10 nitrogen and oxygen atoms in total. The third-order valence-corrected chi connectivity index (χ3v) is 4.61. The van der Waals surface area contributed by atoms with Gasteiger partial charge in [-0.1, -0.05) is 25.5 Å². The standard InChI is InChI=1S/C20H26BNO9/c1-3-4-8-16(23)22-15-11-13-6-5-7-14(19(13)31-21(15)27)20(26)30-12-29-18(25)10-9-17(24)28-2/h5-7,15,27H,3-4,8-12H2,1-2H3,(H,22,23)/t15-/m0/s1. The van der Waals surface area contributed by atoms with Crippen molar-refractivity contribution in [3.8, 4) is 5.75 Å². The highest BCUT2D eigenvalue weighted by Crippen LogP contribution is 2.30. The Morgan fingerprint density at radius 1 is 1.16 bits per heavy atom. The molecule has 11 heteroatoms. The maximum Gasteiger partial charge on any atom is 0.547 e. The van der Waals surface area contributed by atoms with Crippen LogP contribution in [0, 0.1) is 0 Å². The number of benzene rings is 1. The van der Waals surface area contributed by atoms with Crippen molar-refractivity contribution in [1.82, 2.24) is 5.32 Å². The molecular formula is C20H26BNO9. The van der Waals surface area contributed by atoms with E-state index in [1.165, 1.54) is 13.2 Å². The molecule has 0 aromatic heterocycles. The summed E-state index contributed by atoms with van der Waals surface area (Å²) in [5.41, 5.74) is 0.675. The van der Waals surface area contributed by atoms with Crippen molar-refractivity contribution in [3.63, 3.8) is 0 Å². The largest absolute Gasteiger partial charge is 0.547 e. The Hall–Kier alpha value is -3.08. The number of hydrogen-bond donors (Lipinski definition) is 2. The smallest absolute Gasteiger partial charge is 0.534 e. The van der Waals surface area contributed by atoms with Gasteiger partial charge in [-0.05, 0) is 24.5 Å². The summed E-state index contributed by atoms with van der Waals surface area (Å²) in [7, 11) is -0.124. The lowest BCUT2D eigenvalue weighted by Crippen LogP contribution is -2.53. The van der Waals surface area contributed by atoms with Crippen LogP contribution in [0.15, 0.2) is 18.2 Å². The van der Waals surface area contributed by atoms with E-state index in [4.69, 9.17) is 14.1 Å². The van der Waals surface area contributed by atoms with Gasteiger partial charge in [0.05, 0.1) is 25.9 Å². The summed E-state index contributed by atoms with van der Waals surface area (Å²) in [4.78, 5) is 46.9. The molecule has 0 fully saturated rings. The van der Waals surface area contributed by atoms with Crippen molar-refractivity contribution in [2.45, 2.75) is 51.4 Å². The van der Waals surface area contributed by atoms with Gasteiger partial charge in [-0.3, -0.25) is 14.4 Å². The number of methoxy groups -OCH3 is 1. The Morgan fingerprint density at radius 2 is 1.90 bits per heavy atom. The number of hydrogen-bond acceptors (Lipinski definition) is 9. The first kappa shape index (κ1) is 24.2. The molecule has 1 aromatic carbocycles. The molecule has 168 valence electrons. The van der Waals surface area contributed by atoms with Gasteiger partial charge in [0.15, 0.2) is 0 Å². The molecule has 2 rings (SSSR count). The number of unbranched alkanes of at least 4 members (excludes halogenated alkanes) is 1. The number of rotatable bonds is 10. The van der Waals surface area contributed by atoms with Crippen molar-refractivity contribution in [2.24, 2.45) is 0 Å². The first-order valence-corrected chi connectivity index (χ1v) is 10.0. The molecule has 0 spiro atoms. The molecule has 0 bridgehead atoms. The number of para-hydroxylation sites is 1. The maximum absolute atomic E-state index is 12.4. The second-order valence-electron chi connectivity index (χ2n) is 6.93. The van der Waals surface area contributed by atoms with Gasteiger partial charge >= 0.3 is 25.0 Å². The van der Waals surface area contributed by atoms with Crippen LogP contribution in [0.5, 0.6) is 5.75 Å². The number of fused-ring (bicyclic) bond motifs is 1. The highest BCUT2D eigenvalue weighted by atomic mass is 16.7. The van der Waals surface area contributed by atoms with E-state index < -0.39 is 37.8 Å². The molecule has 1 amide bonds. The fraction of sp³-hybridized carbons (Fsp3) is 0.500. The fourth-order valence-corrected chi connectivity index (χ4v) is 2.93. The van der Waals surface area contributed by atoms with Crippen LogP contribution in [-0.2, 0) is 35.0 Å². The second kappa shape index (κ2) is 11.9. The molecule has 0 radical (unpaired) electrons. The summed E-state index contributed by atoms with van der Waals surface area (Å²) in [6.45, 7) is 1.34. The lowest BCUT2D eigenvalue weighted by atomic mass is 9.72. The van der Waals surface area contributed by atoms with E-state index in [9.17, 15) is 24.2 Å². The number of esters is 3. The summed E-state index contributed by atoms with van der Waals surface area (Å²) < 4.78 is 19.6. The van der Waals surface area contributed by atoms with Crippen molar-refractivity contribution in [1.29, 1.82) is 0 Å². The van der Waals surface area contributed by atoms with E-state index in [0.29, 0.717) is 12.0 Å². The Morgan fingerprint density at radius 3 is 2.61 bits per heavy atom. The Balaban J connectivity index is 1.92. The number of carbonyl (C=O) groups is 4. The van der Waals surface area contributed by atoms with E-state index in [1.807, 2.05) is 6.92 Å². The number of carbonyl (C=O) groups excluding carboxylic acids is 4. The van der Waals surface area contributed by atoms with E-state index in [1.54, 1.807) is 12.1 Å². The van der Waals surface area contributed by atoms with E-state index in [2.05, 4.69) is 10.1 Å². The van der Waals surface area contributed by atoms with Gasteiger partial charge in [0.2, 0.25) is 12.7 Å². The predicted molar refractivity (Wildman–Crippen MR) is 108 cm³/mol. The number of amides is 1. The molecule has 31 heavy (non-hydrogen) atoms. The van der Waals surface area contributed by atoms with Gasteiger partial charge in [0.25, 0.3) is 0 Å². The van der Waals surface area contributed by atoms with Crippen LogP contribution in [0.2, 0.25) is 0 Å². The average molecular weight is 435 g/mol. The van der Waals surface area contributed by atoms with E-state index in [0.717, 1.165) is 12.8 Å². The minimum absolute atomic E-state index is 0.0536. The summed E-state index contributed by atoms with van der Waals surface area (Å²) in [5.74, 6) is -2.75. The monoisotopic (exact) mass is 435 g/mol. The predicted octanol–water partition coefficient (Wildman–Crippen LogP) is 0.927. The summed E-state index contributed by atoms with van der Waals surface area (Å²) in [6.07, 6.45) is 1.92. The Labute approximate surface area is 180 Å². The van der Waals surface area contributed by atoms with Crippen LogP contribution in [0.25, 0.3) is 0 Å². The van der Waals surface area contributed by atoms with Crippen LogP contribution < -0.4 is 9.97 Å². The van der Waals surface area contributed by atoms with Gasteiger partial charge in [-0.25, -0.2) is 4.79 Å². The highest BCUT2D eigenvalue weighted by molar-refractivity contribution is 6.47. The quantitative estimate of drug-likeness (QED) is 0.312.